The molecular weight excluding hydrogens is 389 g/mol. The van der Waals surface area contributed by atoms with Crippen molar-refractivity contribution < 1.29 is 32.3 Å². The van der Waals surface area contributed by atoms with Crippen LogP contribution in [0, 0.1) is 0 Å². The molecule has 0 saturated carbocycles. The van der Waals surface area contributed by atoms with Crippen LogP contribution in [0.5, 0.6) is 0 Å². The quantitative estimate of drug-likeness (QED) is 0.715. The van der Waals surface area contributed by atoms with Gasteiger partial charge in [0.25, 0.3) is 11.8 Å². The Labute approximate surface area is 165 Å². The van der Waals surface area contributed by atoms with E-state index in [1.807, 2.05) is 0 Å². The molecular formula is C20H19F3N2O4. The average Bonchev–Trinajstić information content (AvgIpc) is 2.71. The first-order chi connectivity index (χ1) is 13.7. The van der Waals surface area contributed by atoms with Gasteiger partial charge in [0.1, 0.15) is 6.54 Å². The molecule has 0 radical (unpaired) electrons. The van der Waals surface area contributed by atoms with Gasteiger partial charge >= 0.3 is 12.1 Å². The van der Waals surface area contributed by atoms with Crippen LogP contribution in [0.15, 0.2) is 54.6 Å². The molecule has 0 aliphatic carbocycles. The van der Waals surface area contributed by atoms with Gasteiger partial charge in [-0.3, -0.25) is 14.4 Å². The first-order valence-electron chi connectivity index (χ1n) is 8.69. The van der Waals surface area contributed by atoms with Crippen LogP contribution in [0.3, 0.4) is 0 Å². The molecule has 0 heterocycles. The third-order valence-corrected chi connectivity index (χ3v) is 3.91. The maximum atomic E-state index is 12.5. The topological polar surface area (TPSA) is 75.7 Å². The number of anilines is 1. The summed E-state index contributed by atoms with van der Waals surface area (Å²) in [7, 11) is 0. The molecule has 29 heavy (non-hydrogen) atoms. The van der Waals surface area contributed by atoms with Crippen LogP contribution in [0.4, 0.5) is 18.9 Å². The summed E-state index contributed by atoms with van der Waals surface area (Å²) >= 11 is 0. The second-order valence-electron chi connectivity index (χ2n) is 5.89. The number of hydrogen-bond acceptors (Lipinski definition) is 4. The smallest absolute Gasteiger partial charge is 0.416 e. The molecule has 0 saturated heterocycles. The number of amides is 2. The number of carbonyl (C=O) groups excluding carboxylic acids is 3. The van der Waals surface area contributed by atoms with E-state index in [9.17, 15) is 27.6 Å². The Morgan fingerprint density at radius 1 is 1.00 bits per heavy atom. The highest BCUT2D eigenvalue weighted by Crippen LogP contribution is 2.29. The van der Waals surface area contributed by atoms with Crippen LogP contribution in [0.2, 0.25) is 0 Å². The van der Waals surface area contributed by atoms with E-state index in [4.69, 9.17) is 4.74 Å². The molecule has 0 fully saturated rings. The lowest BCUT2D eigenvalue weighted by Gasteiger charge is -2.20. The van der Waals surface area contributed by atoms with Crippen LogP contribution in [-0.4, -0.2) is 37.5 Å². The zero-order chi connectivity index (χ0) is 21.4. The standard InChI is InChI=1S/C20H19F3N2O4/c1-2-25(16-6-4-3-5-7-16)17(26)13-29-18(27)12-24-19(28)14-8-10-15(11-9-14)20(21,22)23/h3-11H,2,12-13H2,1H3,(H,24,28). The zero-order valence-electron chi connectivity index (χ0n) is 15.5. The van der Waals surface area contributed by atoms with Crippen LogP contribution >= 0.6 is 0 Å². The van der Waals surface area contributed by atoms with Crippen molar-refractivity contribution >= 4 is 23.5 Å². The number of nitrogens with one attached hydrogen (secondary N) is 1. The molecule has 0 atom stereocenters. The van der Waals surface area contributed by atoms with Gasteiger partial charge in [0, 0.05) is 17.8 Å². The minimum Gasteiger partial charge on any atom is -0.454 e. The molecule has 1 N–H and O–H groups in total. The molecule has 0 aromatic heterocycles. The van der Waals surface area contributed by atoms with Crippen LogP contribution in [0.25, 0.3) is 0 Å². The first-order valence-corrected chi connectivity index (χ1v) is 8.69. The number of alkyl halides is 3. The van der Waals surface area contributed by atoms with Crippen molar-refractivity contribution in [3.05, 3.63) is 65.7 Å². The van der Waals surface area contributed by atoms with Gasteiger partial charge in [-0.05, 0) is 43.3 Å². The lowest BCUT2D eigenvalue weighted by Crippen LogP contribution is -2.36. The molecule has 2 aromatic carbocycles. The summed E-state index contributed by atoms with van der Waals surface area (Å²) in [5.74, 6) is -2.01. The number of nitrogens with zero attached hydrogens (tertiary/aromatic N) is 1. The number of carbonyl (C=O) groups is 3. The molecule has 0 spiro atoms. The third kappa shape index (κ3) is 6.34. The molecule has 2 amide bonds. The van der Waals surface area contributed by atoms with Gasteiger partial charge in [-0.25, -0.2) is 0 Å². The highest BCUT2D eigenvalue weighted by molar-refractivity contribution is 5.97. The van der Waals surface area contributed by atoms with E-state index in [0.29, 0.717) is 12.2 Å². The van der Waals surface area contributed by atoms with Gasteiger partial charge in [-0.1, -0.05) is 18.2 Å². The van der Waals surface area contributed by atoms with Crippen LogP contribution < -0.4 is 10.2 Å². The minimum absolute atomic E-state index is 0.0388. The van der Waals surface area contributed by atoms with E-state index in [-0.39, 0.29) is 5.56 Å². The molecule has 0 bridgehead atoms. The fourth-order valence-corrected chi connectivity index (χ4v) is 2.45. The van der Waals surface area contributed by atoms with Crippen molar-refractivity contribution in [3.8, 4) is 0 Å². The Hall–Kier alpha value is -3.36. The van der Waals surface area contributed by atoms with Crippen LogP contribution in [-0.2, 0) is 20.5 Å². The van der Waals surface area contributed by atoms with Crippen LogP contribution in [0.1, 0.15) is 22.8 Å². The fraction of sp³-hybridized carbons (Fsp3) is 0.250. The van der Waals surface area contributed by atoms with Crippen molar-refractivity contribution in [1.29, 1.82) is 0 Å². The third-order valence-electron chi connectivity index (χ3n) is 3.91. The predicted molar refractivity (Wildman–Crippen MR) is 99.2 cm³/mol. The number of hydrogen-bond donors (Lipinski definition) is 1. The zero-order valence-corrected chi connectivity index (χ0v) is 15.5. The van der Waals surface area contributed by atoms with Gasteiger partial charge < -0.3 is 15.0 Å². The number of likely N-dealkylation sites (N-methyl/N-ethyl adjacent to an activating group) is 1. The van der Waals surface area contributed by atoms with Gasteiger partial charge in [0.2, 0.25) is 0 Å². The highest BCUT2D eigenvalue weighted by Gasteiger charge is 2.30. The van der Waals surface area contributed by atoms with Gasteiger partial charge in [-0.15, -0.1) is 0 Å². The Bertz CT molecular complexity index is 852. The number of ether oxygens (including phenoxy) is 1. The van der Waals surface area contributed by atoms with E-state index in [0.717, 1.165) is 24.3 Å². The molecule has 154 valence electrons. The summed E-state index contributed by atoms with van der Waals surface area (Å²) in [5.41, 5.74) is -0.263. The number of benzene rings is 2. The van der Waals surface area contributed by atoms with Crippen molar-refractivity contribution in [2.45, 2.75) is 13.1 Å². The Balaban J connectivity index is 1.82. The molecule has 9 heteroatoms. The second-order valence-corrected chi connectivity index (χ2v) is 5.89. The normalized spacial score (nSPS) is 10.9. The summed E-state index contributed by atoms with van der Waals surface area (Å²) < 4.78 is 42.4. The first kappa shape index (κ1) is 21.9. The summed E-state index contributed by atoms with van der Waals surface area (Å²) in [5, 5.41) is 2.24. The Morgan fingerprint density at radius 3 is 2.17 bits per heavy atom. The fourth-order valence-electron chi connectivity index (χ4n) is 2.45. The number of para-hydroxylation sites is 1. The minimum atomic E-state index is -4.50. The van der Waals surface area contributed by atoms with Gasteiger partial charge in [-0.2, -0.15) is 13.2 Å². The summed E-state index contributed by atoms with van der Waals surface area (Å²) in [4.78, 5) is 37.3. The van der Waals surface area contributed by atoms with Crippen molar-refractivity contribution in [2.75, 3.05) is 24.6 Å². The predicted octanol–water partition coefficient (Wildman–Crippen LogP) is 3.03. The number of rotatable bonds is 7. The molecule has 2 aromatic rings. The SMILES string of the molecule is CCN(C(=O)COC(=O)CNC(=O)c1ccc(C(F)(F)F)cc1)c1ccccc1. The average molecular weight is 408 g/mol. The maximum Gasteiger partial charge on any atom is 0.416 e. The van der Waals surface area contributed by atoms with Crippen molar-refractivity contribution in [1.82, 2.24) is 5.32 Å². The van der Waals surface area contributed by atoms with E-state index in [1.54, 1.807) is 37.3 Å². The Morgan fingerprint density at radius 2 is 1.62 bits per heavy atom. The summed E-state index contributed by atoms with van der Waals surface area (Å²) in [6, 6.07) is 12.4. The Kier molecular flexibility index (Phi) is 7.35. The van der Waals surface area contributed by atoms with E-state index >= 15 is 0 Å². The molecule has 0 aliphatic rings. The largest absolute Gasteiger partial charge is 0.454 e. The molecule has 0 aliphatic heterocycles. The highest BCUT2D eigenvalue weighted by atomic mass is 19.4. The van der Waals surface area contributed by atoms with E-state index < -0.39 is 42.7 Å². The van der Waals surface area contributed by atoms with E-state index in [2.05, 4.69) is 5.32 Å². The van der Waals surface area contributed by atoms with Crippen molar-refractivity contribution in [2.24, 2.45) is 0 Å². The lowest BCUT2D eigenvalue weighted by atomic mass is 10.1. The number of esters is 1. The van der Waals surface area contributed by atoms with Gasteiger partial charge in [0.15, 0.2) is 6.61 Å². The summed E-state index contributed by atoms with van der Waals surface area (Å²) in [6.07, 6.45) is -4.50. The molecule has 2 rings (SSSR count). The second kappa shape index (κ2) is 9.72. The monoisotopic (exact) mass is 408 g/mol. The van der Waals surface area contributed by atoms with E-state index in [1.165, 1.54) is 4.90 Å². The summed E-state index contributed by atoms with van der Waals surface area (Å²) in [6.45, 7) is 1.13. The maximum absolute atomic E-state index is 12.5. The van der Waals surface area contributed by atoms with Crippen molar-refractivity contribution in [3.63, 3.8) is 0 Å². The molecule has 0 unspecified atom stereocenters. The number of halogens is 3. The lowest BCUT2D eigenvalue weighted by molar-refractivity contribution is -0.146. The molecule has 6 nitrogen and oxygen atoms in total. The van der Waals surface area contributed by atoms with Gasteiger partial charge in [0.05, 0.1) is 5.56 Å².